The third-order valence-corrected chi connectivity index (χ3v) is 2.54. The Kier molecular flexibility index (Phi) is 4.07. The summed E-state index contributed by atoms with van der Waals surface area (Å²) in [5, 5.41) is 0. The van der Waals surface area contributed by atoms with Gasteiger partial charge in [0.2, 0.25) is 0 Å². The Bertz CT molecular complexity index is 235. The summed E-state index contributed by atoms with van der Waals surface area (Å²) in [5.41, 5.74) is 3.01. The number of aromatic amines is 1. The minimum Gasteiger partial charge on any atom is -0.367 e. The van der Waals surface area contributed by atoms with Crippen molar-refractivity contribution in [1.29, 1.82) is 0 Å². The first-order valence-electron chi connectivity index (χ1n) is 5.41. The van der Waals surface area contributed by atoms with Crippen molar-refractivity contribution in [2.45, 2.75) is 52.4 Å². The summed E-state index contributed by atoms with van der Waals surface area (Å²) < 4.78 is 0. The average molecular weight is 179 g/mol. The maximum Gasteiger partial charge on any atom is 0.00428 e. The van der Waals surface area contributed by atoms with Gasteiger partial charge in [-0.05, 0) is 29.9 Å². The SMILES string of the molecule is CCCCCc1c[nH]cc1C(C)C. The van der Waals surface area contributed by atoms with Crippen LogP contribution in [-0.4, -0.2) is 4.98 Å². The lowest BCUT2D eigenvalue weighted by molar-refractivity contribution is 0.709. The van der Waals surface area contributed by atoms with Crippen molar-refractivity contribution in [2.24, 2.45) is 0 Å². The highest BCUT2D eigenvalue weighted by molar-refractivity contribution is 5.26. The van der Waals surface area contributed by atoms with E-state index in [1.54, 1.807) is 0 Å². The summed E-state index contributed by atoms with van der Waals surface area (Å²) in [5.74, 6) is 0.655. The van der Waals surface area contributed by atoms with Crippen molar-refractivity contribution >= 4 is 0 Å². The molecule has 0 aromatic carbocycles. The highest BCUT2D eigenvalue weighted by Gasteiger charge is 2.06. The molecule has 0 aliphatic carbocycles. The van der Waals surface area contributed by atoms with Crippen molar-refractivity contribution in [2.75, 3.05) is 0 Å². The van der Waals surface area contributed by atoms with Crippen LogP contribution in [0.5, 0.6) is 0 Å². The number of hydrogen-bond donors (Lipinski definition) is 1. The van der Waals surface area contributed by atoms with E-state index < -0.39 is 0 Å². The van der Waals surface area contributed by atoms with E-state index in [0.717, 1.165) is 0 Å². The molecule has 1 heterocycles. The highest BCUT2D eigenvalue weighted by Crippen LogP contribution is 2.20. The third kappa shape index (κ3) is 2.91. The van der Waals surface area contributed by atoms with E-state index in [1.165, 1.54) is 36.8 Å². The number of rotatable bonds is 5. The molecule has 0 saturated carbocycles. The van der Waals surface area contributed by atoms with Gasteiger partial charge in [0.25, 0.3) is 0 Å². The molecule has 1 N–H and O–H groups in total. The van der Waals surface area contributed by atoms with Gasteiger partial charge in [0.15, 0.2) is 0 Å². The molecule has 0 aliphatic heterocycles. The topological polar surface area (TPSA) is 15.8 Å². The fourth-order valence-corrected chi connectivity index (χ4v) is 1.73. The van der Waals surface area contributed by atoms with Gasteiger partial charge in [0, 0.05) is 12.4 Å². The number of H-pyrrole nitrogens is 1. The van der Waals surface area contributed by atoms with Gasteiger partial charge >= 0.3 is 0 Å². The summed E-state index contributed by atoms with van der Waals surface area (Å²) >= 11 is 0. The second-order valence-electron chi connectivity index (χ2n) is 4.05. The lowest BCUT2D eigenvalue weighted by Gasteiger charge is -2.06. The van der Waals surface area contributed by atoms with E-state index in [-0.39, 0.29) is 0 Å². The molecule has 1 heteroatoms. The van der Waals surface area contributed by atoms with Crippen molar-refractivity contribution in [1.82, 2.24) is 4.98 Å². The molecule has 1 aromatic heterocycles. The molecule has 0 bridgehead atoms. The van der Waals surface area contributed by atoms with Crippen LogP contribution >= 0.6 is 0 Å². The Balaban J connectivity index is 2.50. The quantitative estimate of drug-likeness (QED) is 0.660. The monoisotopic (exact) mass is 179 g/mol. The Hall–Kier alpha value is -0.720. The molecule has 0 saturated heterocycles. The van der Waals surface area contributed by atoms with Gasteiger partial charge in [-0.1, -0.05) is 33.6 Å². The van der Waals surface area contributed by atoms with Gasteiger partial charge in [-0.2, -0.15) is 0 Å². The van der Waals surface area contributed by atoms with Gasteiger partial charge < -0.3 is 4.98 Å². The van der Waals surface area contributed by atoms with Gasteiger partial charge in [0.1, 0.15) is 0 Å². The van der Waals surface area contributed by atoms with Crippen LogP contribution < -0.4 is 0 Å². The fraction of sp³-hybridized carbons (Fsp3) is 0.667. The van der Waals surface area contributed by atoms with E-state index in [0.29, 0.717) is 5.92 Å². The lowest BCUT2D eigenvalue weighted by atomic mass is 9.98. The molecular weight excluding hydrogens is 158 g/mol. The van der Waals surface area contributed by atoms with Crippen molar-refractivity contribution in [3.8, 4) is 0 Å². The molecule has 0 unspecified atom stereocenters. The summed E-state index contributed by atoms with van der Waals surface area (Å²) in [6, 6.07) is 0. The third-order valence-electron chi connectivity index (χ3n) is 2.54. The fourth-order valence-electron chi connectivity index (χ4n) is 1.73. The number of aryl methyl sites for hydroxylation is 1. The zero-order chi connectivity index (χ0) is 9.68. The van der Waals surface area contributed by atoms with Crippen molar-refractivity contribution < 1.29 is 0 Å². The van der Waals surface area contributed by atoms with Crippen LogP contribution in [-0.2, 0) is 6.42 Å². The number of unbranched alkanes of at least 4 members (excludes halogenated alkanes) is 2. The Morgan fingerprint density at radius 3 is 2.62 bits per heavy atom. The van der Waals surface area contributed by atoms with Crippen LogP contribution in [0.25, 0.3) is 0 Å². The van der Waals surface area contributed by atoms with Crippen LogP contribution in [0.15, 0.2) is 12.4 Å². The van der Waals surface area contributed by atoms with E-state index in [4.69, 9.17) is 0 Å². The van der Waals surface area contributed by atoms with Crippen molar-refractivity contribution in [3.05, 3.63) is 23.5 Å². The van der Waals surface area contributed by atoms with Gasteiger partial charge in [-0.25, -0.2) is 0 Å². The molecule has 13 heavy (non-hydrogen) atoms. The van der Waals surface area contributed by atoms with E-state index in [2.05, 4.69) is 38.1 Å². The van der Waals surface area contributed by atoms with Gasteiger partial charge in [-0.3, -0.25) is 0 Å². The molecule has 0 amide bonds. The van der Waals surface area contributed by atoms with E-state index in [1.807, 2.05) is 0 Å². The molecule has 0 spiro atoms. The minimum atomic E-state index is 0.655. The first kappa shape index (κ1) is 10.4. The normalized spacial score (nSPS) is 11.1. The Labute approximate surface area is 81.6 Å². The molecular formula is C12H21N. The van der Waals surface area contributed by atoms with Crippen LogP contribution in [0.2, 0.25) is 0 Å². The van der Waals surface area contributed by atoms with Gasteiger partial charge in [0.05, 0.1) is 0 Å². The van der Waals surface area contributed by atoms with E-state index >= 15 is 0 Å². The Morgan fingerprint density at radius 1 is 1.23 bits per heavy atom. The largest absolute Gasteiger partial charge is 0.367 e. The first-order chi connectivity index (χ1) is 6.25. The number of aromatic nitrogens is 1. The van der Waals surface area contributed by atoms with Gasteiger partial charge in [-0.15, -0.1) is 0 Å². The summed E-state index contributed by atoms with van der Waals surface area (Å²) in [4.78, 5) is 3.21. The second kappa shape index (κ2) is 5.11. The average Bonchev–Trinajstić information content (AvgIpc) is 2.53. The molecule has 1 aromatic rings. The minimum absolute atomic E-state index is 0.655. The lowest BCUT2D eigenvalue weighted by Crippen LogP contribution is -1.91. The summed E-state index contributed by atoms with van der Waals surface area (Å²) in [7, 11) is 0. The molecule has 74 valence electrons. The smallest absolute Gasteiger partial charge is 0.00428 e. The van der Waals surface area contributed by atoms with Crippen LogP contribution in [0, 0.1) is 0 Å². The van der Waals surface area contributed by atoms with E-state index in [9.17, 15) is 0 Å². The first-order valence-corrected chi connectivity index (χ1v) is 5.41. The molecule has 1 rings (SSSR count). The molecule has 0 fully saturated rings. The maximum atomic E-state index is 3.21. The van der Waals surface area contributed by atoms with Crippen molar-refractivity contribution in [3.63, 3.8) is 0 Å². The summed E-state index contributed by atoms with van der Waals surface area (Å²) in [6.45, 7) is 6.76. The molecule has 1 nitrogen and oxygen atoms in total. The number of nitrogens with one attached hydrogen (secondary N) is 1. The zero-order valence-corrected chi connectivity index (χ0v) is 9.06. The van der Waals surface area contributed by atoms with Crippen LogP contribution in [0.4, 0.5) is 0 Å². The molecule has 0 aliphatic rings. The number of hydrogen-bond acceptors (Lipinski definition) is 0. The summed E-state index contributed by atoms with van der Waals surface area (Å²) in [6.07, 6.45) is 9.53. The Morgan fingerprint density at radius 2 is 2.00 bits per heavy atom. The second-order valence-corrected chi connectivity index (χ2v) is 4.05. The maximum absolute atomic E-state index is 3.21. The molecule has 0 atom stereocenters. The van der Waals surface area contributed by atoms with Crippen LogP contribution in [0.3, 0.4) is 0 Å². The van der Waals surface area contributed by atoms with Crippen LogP contribution in [0.1, 0.15) is 57.1 Å². The standard InChI is InChI=1S/C12H21N/c1-4-5-6-7-11-8-13-9-12(11)10(2)3/h8-10,13H,4-7H2,1-3H3. The highest BCUT2D eigenvalue weighted by atomic mass is 14.6. The zero-order valence-electron chi connectivity index (χ0n) is 9.06. The predicted molar refractivity (Wildman–Crippen MR) is 58.1 cm³/mol. The molecule has 0 radical (unpaired) electrons. The predicted octanol–water partition coefficient (Wildman–Crippen LogP) is 3.87.